The molecule has 0 saturated carbocycles. The lowest BCUT2D eigenvalue weighted by molar-refractivity contribution is 0.483. The van der Waals surface area contributed by atoms with Gasteiger partial charge in [0.2, 0.25) is 0 Å². The Kier molecular flexibility index (Phi) is 3.85. The van der Waals surface area contributed by atoms with Gasteiger partial charge in [0, 0.05) is 11.1 Å². The molecular formula is C15H10FN3O3S. The standard InChI is InChI=1S/C15H10FN3O3S/c16-12-5-1-10(2-6-12)14-17-9-18-15(19-14)11-3-7-13(8-4-11)23(20,21)22/h1-9H,(H,20,21,22). The Morgan fingerprint density at radius 2 is 1.30 bits per heavy atom. The molecule has 0 aliphatic heterocycles. The molecule has 0 amide bonds. The number of hydrogen-bond donors (Lipinski definition) is 1. The van der Waals surface area contributed by atoms with Crippen molar-refractivity contribution in [2.45, 2.75) is 4.90 Å². The van der Waals surface area contributed by atoms with E-state index in [2.05, 4.69) is 15.0 Å². The van der Waals surface area contributed by atoms with E-state index in [4.69, 9.17) is 4.55 Å². The molecule has 6 nitrogen and oxygen atoms in total. The molecule has 0 unspecified atom stereocenters. The normalized spacial score (nSPS) is 11.4. The van der Waals surface area contributed by atoms with Crippen LogP contribution >= 0.6 is 0 Å². The fourth-order valence-corrected chi connectivity index (χ4v) is 2.43. The number of nitrogens with zero attached hydrogens (tertiary/aromatic N) is 3. The minimum absolute atomic E-state index is 0.214. The van der Waals surface area contributed by atoms with E-state index in [0.717, 1.165) is 0 Å². The highest BCUT2D eigenvalue weighted by molar-refractivity contribution is 7.85. The van der Waals surface area contributed by atoms with Crippen molar-refractivity contribution in [3.05, 3.63) is 60.7 Å². The van der Waals surface area contributed by atoms with Crippen LogP contribution in [0.1, 0.15) is 0 Å². The van der Waals surface area contributed by atoms with E-state index in [9.17, 15) is 12.8 Å². The van der Waals surface area contributed by atoms with Crippen LogP contribution in [0.15, 0.2) is 59.8 Å². The van der Waals surface area contributed by atoms with E-state index in [-0.39, 0.29) is 10.7 Å². The van der Waals surface area contributed by atoms with Crippen LogP contribution < -0.4 is 0 Å². The van der Waals surface area contributed by atoms with Crippen molar-refractivity contribution in [2.24, 2.45) is 0 Å². The summed E-state index contributed by atoms with van der Waals surface area (Å²) in [5, 5.41) is 0. The van der Waals surface area contributed by atoms with Gasteiger partial charge < -0.3 is 0 Å². The van der Waals surface area contributed by atoms with Gasteiger partial charge in [-0.15, -0.1) is 0 Å². The molecule has 3 rings (SSSR count). The summed E-state index contributed by atoms with van der Waals surface area (Å²) in [6.07, 6.45) is 1.32. The van der Waals surface area contributed by atoms with Crippen LogP contribution in [0.2, 0.25) is 0 Å². The van der Waals surface area contributed by atoms with Crippen molar-refractivity contribution in [2.75, 3.05) is 0 Å². The zero-order valence-corrected chi connectivity index (χ0v) is 12.4. The SMILES string of the molecule is O=S(=O)(O)c1ccc(-c2ncnc(-c3ccc(F)cc3)n2)cc1. The first-order valence-corrected chi connectivity index (χ1v) is 7.90. The van der Waals surface area contributed by atoms with Gasteiger partial charge in [-0.1, -0.05) is 0 Å². The largest absolute Gasteiger partial charge is 0.294 e. The van der Waals surface area contributed by atoms with Crippen molar-refractivity contribution in [1.29, 1.82) is 0 Å². The van der Waals surface area contributed by atoms with Gasteiger partial charge in [0.15, 0.2) is 11.6 Å². The van der Waals surface area contributed by atoms with E-state index in [0.29, 0.717) is 22.8 Å². The number of rotatable bonds is 3. The average molecular weight is 331 g/mol. The Bertz CT molecular complexity index is 942. The van der Waals surface area contributed by atoms with Gasteiger partial charge in [0.25, 0.3) is 10.1 Å². The third kappa shape index (κ3) is 3.38. The van der Waals surface area contributed by atoms with Crippen LogP contribution in [0, 0.1) is 5.82 Å². The number of aromatic nitrogens is 3. The molecule has 1 aromatic heterocycles. The Morgan fingerprint density at radius 3 is 1.78 bits per heavy atom. The van der Waals surface area contributed by atoms with E-state index in [1.54, 1.807) is 12.1 Å². The molecule has 0 bridgehead atoms. The Hall–Kier alpha value is -2.71. The molecule has 8 heteroatoms. The summed E-state index contributed by atoms with van der Waals surface area (Å²) in [6.45, 7) is 0. The second-order valence-electron chi connectivity index (χ2n) is 4.64. The zero-order valence-electron chi connectivity index (χ0n) is 11.6. The van der Waals surface area contributed by atoms with Gasteiger partial charge in [0.05, 0.1) is 4.90 Å². The fraction of sp³-hybridized carbons (Fsp3) is 0. The molecular weight excluding hydrogens is 321 g/mol. The second-order valence-corrected chi connectivity index (χ2v) is 6.06. The first-order chi connectivity index (χ1) is 10.9. The minimum Gasteiger partial charge on any atom is -0.282 e. The van der Waals surface area contributed by atoms with E-state index in [1.165, 1.54) is 42.7 Å². The zero-order chi connectivity index (χ0) is 16.4. The van der Waals surface area contributed by atoms with Crippen molar-refractivity contribution in [3.63, 3.8) is 0 Å². The monoisotopic (exact) mass is 331 g/mol. The molecule has 3 aromatic rings. The summed E-state index contributed by atoms with van der Waals surface area (Å²) in [7, 11) is -4.25. The maximum absolute atomic E-state index is 13.0. The minimum atomic E-state index is -4.25. The summed E-state index contributed by atoms with van der Waals surface area (Å²) in [5.41, 5.74) is 1.19. The van der Waals surface area contributed by atoms with Crippen LogP contribution in [0.4, 0.5) is 4.39 Å². The number of hydrogen-bond acceptors (Lipinski definition) is 5. The first-order valence-electron chi connectivity index (χ1n) is 6.46. The average Bonchev–Trinajstić information content (AvgIpc) is 2.55. The summed E-state index contributed by atoms with van der Waals surface area (Å²) in [4.78, 5) is 12.1. The smallest absolute Gasteiger partial charge is 0.282 e. The predicted octanol–water partition coefficient (Wildman–Crippen LogP) is 2.59. The van der Waals surface area contributed by atoms with Gasteiger partial charge >= 0.3 is 0 Å². The van der Waals surface area contributed by atoms with Crippen molar-refractivity contribution < 1.29 is 17.4 Å². The molecule has 0 radical (unpaired) electrons. The lowest BCUT2D eigenvalue weighted by Gasteiger charge is -2.04. The van der Waals surface area contributed by atoms with E-state index >= 15 is 0 Å². The molecule has 0 atom stereocenters. The quantitative estimate of drug-likeness (QED) is 0.742. The third-order valence-electron chi connectivity index (χ3n) is 3.08. The van der Waals surface area contributed by atoms with Crippen LogP contribution in [0.25, 0.3) is 22.8 Å². The highest BCUT2D eigenvalue weighted by atomic mass is 32.2. The summed E-state index contributed by atoms with van der Waals surface area (Å²) in [5.74, 6) is 0.346. The van der Waals surface area contributed by atoms with Gasteiger partial charge in [0.1, 0.15) is 12.1 Å². The Labute approximate surface area is 131 Å². The lowest BCUT2D eigenvalue weighted by atomic mass is 10.2. The van der Waals surface area contributed by atoms with Crippen LogP contribution in [0.5, 0.6) is 0 Å². The summed E-state index contributed by atoms with van der Waals surface area (Å²) >= 11 is 0. The Morgan fingerprint density at radius 1 is 0.826 bits per heavy atom. The second kappa shape index (κ2) is 5.82. The highest BCUT2D eigenvalue weighted by Gasteiger charge is 2.11. The fourth-order valence-electron chi connectivity index (χ4n) is 1.95. The maximum atomic E-state index is 13.0. The highest BCUT2D eigenvalue weighted by Crippen LogP contribution is 2.20. The molecule has 2 aromatic carbocycles. The molecule has 0 fully saturated rings. The third-order valence-corrected chi connectivity index (χ3v) is 3.95. The van der Waals surface area contributed by atoms with Gasteiger partial charge in [-0.3, -0.25) is 4.55 Å². The molecule has 0 aliphatic carbocycles. The molecule has 1 heterocycles. The van der Waals surface area contributed by atoms with Crippen molar-refractivity contribution in [1.82, 2.24) is 15.0 Å². The summed E-state index contributed by atoms with van der Waals surface area (Å²) in [6, 6.07) is 11.2. The van der Waals surface area contributed by atoms with E-state index in [1.807, 2.05) is 0 Å². The van der Waals surface area contributed by atoms with Gasteiger partial charge in [-0.25, -0.2) is 19.3 Å². The van der Waals surface area contributed by atoms with Crippen molar-refractivity contribution >= 4 is 10.1 Å². The molecule has 116 valence electrons. The lowest BCUT2D eigenvalue weighted by Crippen LogP contribution is -1.98. The molecule has 0 spiro atoms. The van der Waals surface area contributed by atoms with Gasteiger partial charge in [-0.2, -0.15) is 8.42 Å². The molecule has 23 heavy (non-hydrogen) atoms. The van der Waals surface area contributed by atoms with Crippen LogP contribution in [-0.4, -0.2) is 27.9 Å². The Balaban J connectivity index is 1.98. The summed E-state index contributed by atoms with van der Waals surface area (Å²) < 4.78 is 44.0. The maximum Gasteiger partial charge on any atom is 0.294 e. The number of halogens is 1. The predicted molar refractivity (Wildman–Crippen MR) is 80.5 cm³/mol. The topological polar surface area (TPSA) is 93.0 Å². The van der Waals surface area contributed by atoms with Crippen LogP contribution in [-0.2, 0) is 10.1 Å². The molecule has 0 saturated heterocycles. The van der Waals surface area contributed by atoms with Crippen LogP contribution in [0.3, 0.4) is 0 Å². The van der Waals surface area contributed by atoms with Gasteiger partial charge in [-0.05, 0) is 48.5 Å². The van der Waals surface area contributed by atoms with Crippen molar-refractivity contribution in [3.8, 4) is 22.8 Å². The molecule has 1 N–H and O–H groups in total. The molecule has 0 aliphatic rings. The van der Waals surface area contributed by atoms with E-state index < -0.39 is 10.1 Å². The number of benzene rings is 2. The first kappa shape index (κ1) is 15.2.